The fraction of sp³-hybridized carbons (Fsp3) is 0.364. The Morgan fingerprint density at radius 3 is 2.30 bits per heavy atom. The van der Waals surface area contributed by atoms with Crippen LogP contribution >= 0.6 is 0 Å². The lowest BCUT2D eigenvalue weighted by molar-refractivity contribution is -0.123. The SMILES string of the molecule is CCOc1ccc(C(=O)O[C@H](C)C(=O)Nc2ccccc2[C@@H](C)CC)cc1. The second-order valence-corrected chi connectivity index (χ2v) is 6.39. The van der Waals surface area contributed by atoms with Gasteiger partial charge in [0.2, 0.25) is 0 Å². The number of anilines is 1. The summed E-state index contributed by atoms with van der Waals surface area (Å²) >= 11 is 0. The second-order valence-electron chi connectivity index (χ2n) is 6.39. The van der Waals surface area contributed by atoms with Gasteiger partial charge in [-0.15, -0.1) is 0 Å². The number of hydrogen-bond acceptors (Lipinski definition) is 4. The lowest BCUT2D eigenvalue weighted by atomic mass is 9.97. The molecule has 0 unspecified atom stereocenters. The smallest absolute Gasteiger partial charge is 0.338 e. The highest BCUT2D eigenvalue weighted by atomic mass is 16.5. The van der Waals surface area contributed by atoms with Gasteiger partial charge in [-0.2, -0.15) is 0 Å². The van der Waals surface area contributed by atoms with Crippen LogP contribution in [-0.4, -0.2) is 24.6 Å². The molecule has 2 aromatic carbocycles. The Kier molecular flexibility index (Phi) is 7.41. The molecule has 1 amide bonds. The van der Waals surface area contributed by atoms with E-state index < -0.39 is 12.1 Å². The van der Waals surface area contributed by atoms with E-state index in [9.17, 15) is 9.59 Å². The number of benzene rings is 2. The maximum Gasteiger partial charge on any atom is 0.338 e. The first-order chi connectivity index (χ1) is 13.0. The third kappa shape index (κ3) is 5.58. The molecule has 0 aromatic heterocycles. The number of carbonyl (C=O) groups excluding carboxylic acids is 2. The van der Waals surface area contributed by atoms with Gasteiger partial charge in [-0.3, -0.25) is 4.79 Å². The fourth-order valence-corrected chi connectivity index (χ4v) is 2.63. The Hall–Kier alpha value is -2.82. The van der Waals surface area contributed by atoms with Crippen molar-refractivity contribution in [2.45, 2.75) is 46.1 Å². The Labute approximate surface area is 160 Å². The van der Waals surface area contributed by atoms with E-state index in [-0.39, 0.29) is 5.91 Å². The molecule has 0 spiro atoms. The van der Waals surface area contributed by atoms with Gasteiger partial charge >= 0.3 is 5.97 Å². The molecule has 2 aromatic rings. The molecule has 0 aliphatic heterocycles. The molecule has 0 aliphatic carbocycles. The molecular weight excluding hydrogens is 342 g/mol. The van der Waals surface area contributed by atoms with Gasteiger partial charge in [-0.25, -0.2) is 4.79 Å². The summed E-state index contributed by atoms with van der Waals surface area (Å²) in [4.78, 5) is 24.7. The first-order valence-electron chi connectivity index (χ1n) is 9.29. The van der Waals surface area contributed by atoms with Crippen molar-refractivity contribution < 1.29 is 19.1 Å². The summed E-state index contributed by atoms with van der Waals surface area (Å²) in [6.07, 6.45) is 0.0591. The average molecular weight is 369 g/mol. The van der Waals surface area contributed by atoms with E-state index in [1.54, 1.807) is 31.2 Å². The van der Waals surface area contributed by atoms with Crippen molar-refractivity contribution in [2.75, 3.05) is 11.9 Å². The molecule has 2 atom stereocenters. The molecule has 0 heterocycles. The van der Waals surface area contributed by atoms with Crippen molar-refractivity contribution in [1.82, 2.24) is 0 Å². The zero-order valence-electron chi connectivity index (χ0n) is 16.3. The topological polar surface area (TPSA) is 64.6 Å². The van der Waals surface area contributed by atoms with Crippen LogP contribution in [0.3, 0.4) is 0 Å². The summed E-state index contributed by atoms with van der Waals surface area (Å²) < 4.78 is 10.7. The van der Waals surface area contributed by atoms with Gasteiger partial charge in [0.1, 0.15) is 5.75 Å². The van der Waals surface area contributed by atoms with Gasteiger partial charge in [-0.05, 0) is 62.1 Å². The van der Waals surface area contributed by atoms with Crippen molar-refractivity contribution in [1.29, 1.82) is 0 Å². The number of amides is 1. The molecule has 0 saturated carbocycles. The molecule has 27 heavy (non-hydrogen) atoms. The zero-order chi connectivity index (χ0) is 19.8. The van der Waals surface area contributed by atoms with Crippen molar-refractivity contribution in [2.24, 2.45) is 0 Å². The second kappa shape index (κ2) is 9.76. The third-order valence-corrected chi connectivity index (χ3v) is 4.42. The van der Waals surface area contributed by atoms with Crippen LogP contribution in [-0.2, 0) is 9.53 Å². The van der Waals surface area contributed by atoms with Gasteiger partial charge < -0.3 is 14.8 Å². The molecule has 2 rings (SSSR count). The first kappa shape index (κ1) is 20.5. The summed E-state index contributed by atoms with van der Waals surface area (Å²) in [6, 6.07) is 14.3. The van der Waals surface area contributed by atoms with Gasteiger partial charge in [0.25, 0.3) is 5.91 Å². The van der Waals surface area contributed by atoms with E-state index in [4.69, 9.17) is 9.47 Å². The number of esters is 1. The predicted octanol–water partition coefficient (Wildman–Crippen LogP) is 4.78. The molecular formula is C22H27NO4. The zero-order valence-corrected chi connectivity index (χ0v) is 16.3. The lowest BCUT2D eigenvalue weighted by Gasteiger charge is -2.18. The maximum absolute atomic E-state index is 12.5. The quantitative estimate of drug-likeness (QED) is 0.680. The number of ether oxygens (including phenoxy) is 2. The van der Waals surface area contributed by atoms with Crippen molar-refractivity contribution in [3.63, 3.8) is 0 Å². The number of nitrogens with one attached hydrogen (secondary N) is 1. The summed E-state index contributed by atoms with van der Waals surface area (Å²) in [6.45, 7) is 8.22. The Bertz CT molecular complexity index is 770. The van der Waals surface area contributed by atoms with Crippen molar-refractivity contribution in [3.8, 4) is 5.75 Å². The summed E-state index contributed by atoms with van der Waals surface area (Å²) in [7, 11) is 0. The average Bonchev–Trinajstić information content (AvgIpc) is 2.68. The predicted molar refractivity (Wildman–Crippen MR) is 106 cm³/mol. The van der Waals surface area contributed by atoms with Gasteiger partial charge in [-0.1, -0.05) is 32.0 Å². The van der Waals surface area contributed by atoms with Gasteiger partial charge in [0, 0.05) is 5.69 Å². The van der Waals surface area contributed by atoms with Gasteiger partial charge in [0.05, 0.1) is 12.2 Å². The van der Waals surface area contributed by atoms with Crippen LogP contribution < -0.4 is 10.1 Å². The molecule has 0 radical (unpaired) electrons. The fourth-order valence-electron chi connectivity index (χ4n) is 2.63. The first-order valence-corrected chi connectivity index (χ1v) is 9.29. The maximum atomic E-state index is 12.5. The summed E-state index contributed by atoms with van der Waals surface area (Å²) in [5.41, 5.74) is 2.19. The minimum atomic E-state index is -0.908. The van der Waals surface area contributed by atoms with Gasteiger partial charge in [0.15, 0.2) is 6.10 Å². The Morgan fingerprint density at radius 1 is 1.00 bits per heavy atom. The molecule has 5 nitrogen and oxygen atoms in total. The molecule has 0 bridgehead atoms. The van der Waals surface area contributed by atoms with Crippen molar-refractivity contribution in [3.05, 3.63) is 59.7 Å². The summed E-state index contributed by atoms with van der Waals surface area (Å²) in [5, 5.41) is 2.87. The minimum absolute atomic E-state index is 0.322. The van der Waals surface area contributed by atoms with Crippen LogP contribution in [0.5, 0.6) is 5.75 Å². The molecule has 0 saturated heterocycles. The van der Waals surface area contributed by atoms with Crippen LogP contribution in [0.25, 0.3) is 0 Å². The number of rotatable bonds is 8. The van der Waals surface area contributed by atoms with Crippen LogP contribution in [0.2, 0.25) is 0 Å². The van der Waals surface area contributed by atoms with E-state index >= 15 is 0 Å². The Balaban J connectivity index is 2.00. The highest BCUT2D eigenvalue weighted by Crippen LogP contribution is 2.26. The van der Waals surface area contributed by atoms with E-state index in [0.717, 1.165) is 17.7 Å². The van der Waals surface area contributed by atoms with E-state index in [1.165, 1.54) is 0 Å². The highest BCUT2D eigenvalue weighted by Gasteiger charge is 2.20. The molecule has 5 heteroatoms. The third-order valence-electron chi connectivity index (χ3n) is 4.42. The number of para-hydroxylation sites is 1. The minimum Gasteiger partial charge on any atom is -0.494 e. The molecule has 0 aliphatic rings. The highest BCUT2D eigenvalue weighted by molar-refractivity contribution is 5.97. The number of carbonyl (C=O) groups is 2. The lowest BCUT2D eigenvalue weighted by Crippen LogP contribution is -2.30. The molecule has 144 valence electrons. The molecule has 1 N–H and O–H groups in total. The van der Waals surface area contributed by atoms with E-state index in [0.29, 0.717) is 23.8 Å². The Morgan fingerprint density at radius 2 is 1.67 bits per heavy atom. The van der Waals surface area contributed by atoms with E-state index in [1.807, 2.05) is 31.2 Å². The van der Waals surface area contributed by atoms with Crippen LogP contribution in [0, 0.1) is 0 Å². The normalized spacial score (nSPS) is 12.7. The van der Waals surface area contributed by atoms with Crippen LogP contribution in [0.1, 0.15) is 56.0 Å². The standard InChI is InChI=1S/C22H27NO4/c1-5-15(3)19-9-7-8-10-20(19)23-21(24)16(4)27-22(25)17-11-13-18(14-12-17)26-6-2/h7-16H,5-6H2,1-4H3,(H,23,24)/t15-,16+/m0/s1. The van der Waals surface area contributed by atoms with E-state index in [2.05, 4.69) is 19.2 Å². The summed E-state index contributed by atoms with van der Waals surface area (Å²) in [5.74, 6) is 0.102. The number of hydrogen-bond donors (Lipinski definition) is 1. The van der Waals surface area contributed by atoms with Crippen LogP contribution in [0.4, 0.5) is 5.69 Å². The largest absolute Gasteiger partial charge is 0.494 e. The monoisotopic (exact) mass is 369 g/mol. The van der Waals surface area contributed by atoms with Crippen LogP contribution in [0.15, 0.2) is 48.5 Å². The molecule has 0 fully saturated rings. The van der Waals surface area contributed by atoms with Crippen molar-refractivity contribution >= 4 is 17.6 Å².